The van der Waals surface area contributed by atoms with Crippen LogP contribution in [0.5, 0.6) is 11.5 Å². The van der Waals surface area contributed by atoms with E-state index in [2.05, 4.69) is 19.2 Å². The van der Waals surface area contributed by atoms with Crippen molar-refractivity contribution < 1.29 is 19.1 Å². The lowest BCUT2D eigenvalue weighted by molar-refractivity contribution is -0.122. The number of methoxy groups -OCH3 is 1. The molecule has 0 bridgehead atoms. The van der Waals surface area contributed by atoms with Crippen molar-refractivity contribution in [2.75, 3.05) is 25.6 Å². The number of ether oxygens (including phenoxy) is 2. The number of para-hydroxylation sites is 1. The summed E-state index contributed by atoms with van der Waals surface area (Å²) >= 11 is 6.53. The number of benzene rings is 2. The minimum atomic E-state index is -0.257. The molecule has 0 aliphatic carbocycles. The van der Waals surface area contributed by atoms with E-state index in [0.717, 1.165) is 16.8 Å². The molecular formula is C24H26N2O4S2. The fourth-order valence-corrected chi connectivity index (χ4v) is 4.65. The van der Waals surface area contributed by atoms with Gasteiger partial charge < -0.3 is 14.8 Å². The number of anilines is 1. The topological polar surface area (TPSA) is 67.9 Å². The molecule has 2 amide bonds. The first-order chi connectivity index (χ1) is 15.3. The van der Waals surface area contributed by atoms with Crippen LogP contribution in [0, 0.1) is 0 Å². The Bertz CT molecular complexity index is 1070. The van der Waals surface area contributed by atoms with Crippen molar-refractivity contribution in [2.45, 2.75) is 26.7 Å². The molecule has 0 atom stereocenters. The summed E-state index contributed by atoms with van der Waals surface area (Å²) in [6.45, 7) is 6.43. The van der Waals surface area contributed by atoms with Crippen LogP contribution in [0.2, 0.25) is 0 Å². The van der Waals surface area contributed by atoms with Gasteiger partial charge >= 0.3 is 0 Å². The number of hydrogen-bond acceptors (Lipinski definition) is 6. The van der Waals surface area contributed by atoms with Gasteiger partial charge in [-0.15, -0.1) is 0 Å². The standard InChI is InChI=1S/C24H26N2O4S2/c1-5-26-23(28)21(32-24(26)31)13-16-10-11-19(20(12-16)29-4)30-14-22(27)25-18-9-7-6-8-17(18)15(2)3/h6-13,15H,5,14H2,1-4H3,(H,25,27)/b21-13+. The number of thiocarbonyl (C=S) groups is 1. The summed E-state index contributed by atoms with van der Waals surface area (Å²) in [5, 5.41) is 2.91. The van der Waals surface area contributed by atoms with Crippen LogP contribution in [0.1, 0.15) is 37.8 Å². The molecule has 0 saturated carbocycles. The van der Waals surface area contributed by atoms with Crippen molar-refractivity contribution in [3.63, 3.8) is 0 Å². The van der Waals surface area contributed by atoms with Gasteiger partial charge in [0.25, 0.3) is 11.8 Å². The summed E-state index contributed by atoms with van der Waals surface area (Å²) in [5.74, 6) is 0.851. The first-order valence-electron chi connectivity index (χ1n) is 10.3. The van der Waals surface area contributed by atoms with E-state index in [9.17, 15) is 9.59 Å². The van der Waals surface area contributed by atoms with Crippen molar-refractivity contribution in [2.24, 2.45) is 0 Å². The predicted molar refractivity (Wildman–Crippen MR) is 133 cm³/mol. The maximum Gasteiger partial charge on any atom is 0.266 e. The van der Waals surface area contributed by atoms with Crippen molar-refractivity contribution in [1.29, 1.82) is 0 Å². The Morgan fingerprint density at radius 2 is 1.97 bits per heavy atom. The first-order valence-corrected chi connectivity index (χ1v) is 11.5. The zero-order valence-electron chi connectivity index (χ0n) is 18.5. The smallest absolute Gasteiger partial charge is 0.266 e. The van der Waals surface area contributed by atoms with E-state index in [1.54, 1.807) is 23.1 Å². The van der Waals surface area contributed by atoms with Gasteiger partial charge in [-0.05, 0) is 48.2 Å². The number of nitrogens with zero attached hydrogens (tertiary/aromatic N) is 1. The minimum Gasteiger partial charge on any atom is -0.493 e. The molecule has 1 aliphatic rings. The van der Waals surface area contributed by atoms with Crippen LogP contribution in [-0.2, 0) is 9.59 Å². The van der Waals surface area contributed by atoms with Gasteiger partial charge in [-0.3, -0.25) is 14.5 Å². The van der Waals surface area contributed by atoms with Crippen LogP contribution in [0.3, 0.4) is 0 Å². The molecule has 1 heterocycles. The quantitative estimate of drug-likeness (QED) is 0.430. The van der Waals surface area contributed by atoms with Crippen molar-refractivity contribution in [3.05, 3.63) is 58.5 Å². The number of likely N-dealkylation sites (N-methyl/N-ethyl adjacent to an activating group) is 1. The molecule has 32 heavy (non-hydrogen) atoms. The predicted octanol–water partition coefficient (Wildman–Crippen LogP) is 5.06. The van der Waals surface area contributed by atoms with E-state index >= 15 is 0 Å². The highest BCUT2D eigenvalue weighted by molar-refractivity contribution is 8.26. The van der Waals surface area contributed by atoms with Crippen LogP contribution in [0.4, 0.5) is 5.69 Å². The fraction of sp³-hybridized carbons (Fsp3) is 0.292. The van der Waals surface area contributed by atoms with E-state index in [-0.39, 0.29) is 24.3 Å². The third-order valence-electron chi connectivity index (χ3n) is 4.89. The van der Waals surface area contributed by atoms with Crippen LogP contribution in [-0.4, -0.2) is 41.3 Å². The monoisotopic (exact) mass is 470 g/mol. The molecule has 0 spiro atoms. The Kier molecular flexibility index (Phi) is 7.93. The zero-order chi connectivity index (χ0) is 23.3. The average molecular weight is 471 g/mol. The lowest BCUT2D eigenvalue weighted by atomic mass is 10.0. The van der Waals surface area contributed by atoms with Gasteiger partial charge in [0.05, 0.1) is 12.0 Å². The largest absolute Gasteiger partial charge is 0.493 e. The van der Waals surface area contributed by atoms with Gasteiger partial charge in [0.1, 0.15) is 4.32 Å². The molecule has 0 aromatic heterocycles. The Morgan fingerprint density at radius 1 is 1.22 bits per heavy atom. The Hall–Kier alpha value is -2.84. The first kappa shape index (κ1) is 23.8. The third kappa shape index (κ3) is 5.49. The molecule has 6 nitrogen and oxygen atoms in total. The van der Waals surface area contributed by atoms with E-state index in [0.29, 0.717) is 27.3 Å². The number of nitrogens with one attached hydrogen (secondary N) is 1. The molecule has 8 heteroatoms. The Labute approximate surface area is 198 Å². The molecule has 3 rings (SSSR count). The van der Waals surface area contributed by atoms with Crippen molar-refractivity contribution >= 4 is 51.9 Å². The molecular weight excluding hydrogens is 444 g/mol. The van der Waals surface area contributed by atoms with E-state index < -0.39 is 0 Å². The highest BCUT2D eigenvalue weighted by Gasteiger charge is 2.30. The van der Waals surface area contributed by atoms with Crippen LogP contribution in [0.15, 0.2) is 47.4 Å². The molecule has 1 aliphatic heterocycles. The van der Waals surface area contributed by atoms with Gasteiger partial charge in [0, 0.05) is 12.2 Å². The highest BCUT2D eigenvalue weighted by atomic mass is 32.2. The minimum absolute atomic E-state index is 0.0971. The molecule has 2 aromatic rings. The SMILES string of the molecule is CCN1C(=O)/C(=C\c2ccc(OCC(=O)Nc3ccccc3C(C)C)c(OC)c2)SC1=S. The summed E-state index contributed by atoms with van der Waals surface area (Å²) in [7, 11) is 1.53. The maximum absolute atomic E-state index is 12.4. The van der Waals surface area contributed by atoms with E-state index in [1.807, 2.05) is 37.3 Å². The lowest BCUT2D eigenvalue weighted by Crippen LogP contribution is -2.27. The molecule has 1 fully saturated rings. The van der Waals surface area contributed by atoms with Crippen LogP contribution in [0.25, 0.3) is 6.08 Å². The average Bonchev–Trinajstić information content (AvgIpc) is 3.04. The van der Waals surface area contributed by atoms with Gasteiger partial charge in [0.2, 0.25) is 0 Å². The molecule has 168 valence electrons. The molecule has 1 saturated heterocycles. The van der Waals surface area contributed by atoms with Crippen molar-refractivity contribution in [1.82, 2.24) is 4.90 Å². The Balaban J connectivity index is 1.68. The molecule has 0 unspecified atom stereocenters. The number of hydrogen-bond donors (Lipinski definition) is 1. The van der Waals surface area contributed by atoms with Gasteiger partial charge in [-0.2, -0.15) is 0 Å². The van der Waals surface area contributed by atoms with Gasteiger partial charge in [-0.25, -0.2) is 0 Å². The molecule has 1 N–H and O–H groups in total. The summed E-state index contributed by atoms with van der Waals surface area (Å²) in [6.07, 6.45) is 1.77. The normalized spacial score (nSPS) is 14.9. The molecule has 0 radical (unpaired) electrons. The Morgan fingerprint density at radius 3 is 2.62 bits per heavy atom. The number of carbonyl (C=O) groups excluding carboxylic acids is 2. The summed E-state index contributed by atoms with van der Waals surface area (Å²) in [4.78, 5) is 27.0. The zero-order valence-corrected chi connectivity index (χ0v) is 20.1. The number of rotatable bonds is 8. The highest BCUT2D eigenvalue weighted by Crippen LogP contribution is 2.34. The van der Waals surface area contributed by atoms with Crippen LogP contribution >= 0.6 is 24.0 Å². The summed E-state index contributed by atoms with van der Waals surface area (Å²) < 4.78 is 11.7. The van der Waals surface area contributed by atoms with Gasteiger partial charge in [-0.1, -0.05) is 62.1 Å². The lowest BCUT2D eigenvalue weighted by Gasteiger charge is -2.15. The maximum atomic E-state index is 12.4. The second-order valence-electron chi connectivity index (χ2n) is 7.42. The van der Waals surface area contributed by atoms with Gasteiger partial charge in [0.15, 0.2) is 18.1 Å². The fourth-order valence-electron chi connectivity index (χ4n) is 3.26. The van der Waals surface area contributed by atoms with E-state index in [1.165, 1.54) is 18.9 Å². The van der Waals surface area contributed by atoms with E-state index in [4.69, 9.17) is 21.7 Å². The third-order valence-corrected chi connectivity index (χ3v) is 6.27. The number of carbonyl (C=O) groups is 2. The van der Waals surface area contributed by atoms with Crippen molar-refractivity contribution in [3.8, 4) is 11.5 Å². The summed E-state index contributed by atoms with van der Waals surface area (Å²) in [6, 6.07) is 13.0. The second kappa shape index (κ2) is 10.7. The number of amides is 2. The number of thioether (sulfide) groups is 1. The summed E-state index contributed by atoms with van der Waals surface area (Å²) in [5.41, 5.74) is 2.63. The second-order valence-corrected chi connectivity index (χ2v) is 9.09. The van der Waals surface area contributed by atoms with Crippen LogP contribution < -0.4 is 14.8 Å². The molecule has 2 aromatic carbocycles.